The van der Waals surface area contributed by atoms with Crippen LogP contribution in [0.1, 0.15) is 25.0 Å². The minimum absolute atomic E-state index is 0.198. The SMILES string of the molecule is C=CCS(=O)(=O)C(C)C(=O)Nc1c(C)cccc1CC. The topological polar surface area (TPSA) is 63.2 Å². The van der Waals surface area contributed by atoms with Crippen LogP contribution in [0.5, 0.6) is 0 Å². The number of nitrogens with one attached hydrogen (secondary N) is 1. The molecular weight excluding hydrogens is 274 g/mol. The molecule has 1 atom stereocenters. The van der Waals surface area contributed by atoms with Crippen molar-refractivity contribution in [1.29, 1.82) is 0 Å². The Morgan fingerprint density at radius 1 is 1.45 bits per heavy atom. The predicted octanol–water partition coefficient (Wildman–Crippen LogP) is 2.49. The van der Waals surface area contributed by atoms with E-state index in [4.69, 9.17) is 0 Å². The molecule has 0 spiro atoms. The summed E-state index contributed by atoms with van der Waals surface area (Å²) in [6, 6.07) is 5.73. The van der Waals surface area contributed by atoms with Crippen molar-refractivity contribution in [3.05, 3.63) is 42.0 Å². The minimum atomic E-state index is -3.49. The number of hydrogen-bond donors (Lipinski definition) is 1. The molecule has 1 aromatic carbocycles. The molecule has 110 valence electrons. The van der Waals surface area contributed by atoms with Crippen molar-refractivity contribution in [2.75, 3.05) is 11.1 Å². The lowest BCUT2D eigenvalue weighted by atomic mass is 10.1. The molecule has 0 fully saturated rings. The molecule has 1 amide bonds. The van der Waals surface area contributed by atoms with Crippen molar-refractivity contribution in [2.24, 2.45) is 0 Å². The number of anilines is 1. The fourth-order valence-corrected chi connectivity index (χ4v) is 2.90. The summed E-state index contributed by atoms with van der Waals surface area (Å²) in [7, 11) is -3.49. The third-order valence-corrected chi connectivity index (χ3v) is 5.24. The largest absolute Gasteiger partial charge is 0.324 e. The highest BCUT2D eigenvalue weighted by Crippen LogP contribution is 2.21. The predicted molar refractivity (Wildman–Crippen MR) is 82.6 cm³/mol. The van der Waals surface area contributed by atoms with Crippen LogP contribution in [0.15, 0.2) is 30.9 Å². The summed E-state index contributed by atoms with van der Waals surface area (Å²) >= 11 is 0. The Labute approximate surface area is 120 Å². The van der Waals surface area contributed by atoms with Gasteiger partial charge in [0.25, 0.3) is 0 Å². The number of carbonyl (C=O) groups is 1. The third kappa shape index (κ3) is 3.70. The maximum absolute atomic E-state index is 12.1. The van der Waals surface area contributed by atoms with E-state index in [1.54, 1.807) is 0 Å². The minimum Gasteiger partial charge on any atom is -0.324 e. The fraction of sp³-hybridized carbons (Fsp3) is 0.400. The molecule has 0 aromatic heterocycles. The summed E-state index contributed by atoms with van der Waals surface area (Å²) < 4.78 is 23.7. The summed E-state index contributed by atoms with van der Waals surface area (Å²) in [5, 5.41) is 1.65. The van der Waals surface area contributed by atoms with Gasteiger partial charge < -0.3 is 5.32 Å². The molecule has 0 aliphatic rings. The Bertz CT molecular complexity index is 606. The molecule has 4 nitrogen and oxygen atoms in total. The first-order chi connectivity index (χ1) is 9.33. The molecule has 0 bridgehead atoms. The lowest BCUT2D eigenvalue weighted by Gasteiger charge is -2.16. The zero-order valence-electron chi connectivity index (χ0n) is 12.1. The number of hydrogen-bond acceptors (Lipinski definition) is 3. The number of sulfone groups is 1. The second-order valence-corrected chi connectivity index (χ2v) is 7.08. The van der Waals surface area contributed by atoms with Crippen LogP contribution in [-0.2, 0) is 21.1 Å². The van der Waals surface area contributed by atoms with Gasteiger partial charge in [0.15, 0.2) is 9.84 Å². The van der Waals surface area contributed by atoms with E-state index in [0.717, 1.165) is 17.5 Å². The van der Waals surface area contributed by atoms with Crippen LogP contribution in [-0.4, -0.2) is 25.3 Å². The average Bonchev–Trinajstić information content (AvgIpc) is 2.39. The van der Waals surface area contributed by atoms with Gasteiger partial charge in [0.1, 0.15) is 5.25 Å². The molecule has 0 radical (unpaired) electrons. The van der Waals surface area contributed by atoms with Gasteiger partial charge in [-0.3, -0.25) is 4.79 Å². The Kier molecular flexibility index (Phi) is 5.51. The van der Waals surface area contributed by atoms with Gasteiger partial charge in [-0.1, -0.05) is 31.2 Å². The third-order valence-electron chi connectivity index (χ3n) is 3.25. The first-order valence-electron chi connectivity index (χ1n) is 6.55. The first kappa shape index (κ1) is 16.4. The lowest BCUT2D eigenvalue weighted by molar-refractivity contribution is -0.115. The van der Waals surface area contributed by atoms with Gasteiger partial charge in [0.2, 0.25) is 5.91 Å². The molecule has 0 saturated carbocycles. The summed E-state index contributed by atoms with van der Waals surface area (Å²) in [5.74, 6) is -0.702. The maximum Gasteiger partial charge on any atom is 0.242 e. The van der Waals surface area contributed by atoms with Crippen molar-refractivity contribution in [3.8, 4) is 0 Å². The molecule has 1 rings (SSSR count). The highest BCUT2D eigenvalue weighted by molar-refractivity contribution is 7.92. The molecule has 1 aromatic rings. The summed E-state index contributed by atoms with van der Waals surface area (Å²) in [6.07, 6.45) is 2.06. The van der Waals surface area contributed by atoms with Crippen LogP contribution in [0.25, 0.3) is 0 Å². The van der Waals surface area contributed by atoms with Gasteiger partial charge in [-0.2, -0.15) is 0 Å². The quantitative estimate of drug-likeness (QED) is 0.820. The standard InChI is InChI=1S/C15H21NO3S/c1-5-10-20(18,19)12(4)15(17)16-14-11(3)8-7-9-13(14)6-2/h5,7-9,12H,1,6,10H2,2-4H3,(H,16,17). The molecule has 0 aliphatic heterocycles. The number of aryl methyl sites for hydroxylation is 2. The van der Waals surface area contributed by atoms with Gasteiger partial charge in [0, 0.05) is 5.69 Å². The number of carbonyl (C=O) groups excluding carboxylic acids is 1. The van der Waals surface area contributed by atoms with Crippen molar-refractivity contribution < 1.29 is 13.2 Å². The molecule has 0 heterocycles. The van der Waals surface area contributed by atoms with Crippen molar-refractivity contribution >= 4 is 21.4 Å². The van der Waals surface area contributed by atoms with Gasteiger partial charge in [-0.15, -0.1) is 6.58 Å². The molecule has 20 heavy (non-hydrogen) atoms. The van der Waals surface area contributed by atoms with E-state index in [2.05, 4.69) is 11.9 Å². The molecule has 1 N–H and O–H groups in total. The zero-order chi connectivity index (χ0) is 15.3. The summed E-state index contributed by atoms with van der Waals surface area (Å²) in [6.45, 7) is 8.68. The van der Waals surface area contributed by atoms with Gasteiger partial charge >= 0.3 is 0 Å². The second kappa shape index (κ2) is 6.70. The summed E-state index contributed by atoms with van der Waals surface area (Å²) in [5.41, 5.74) is 2.62. The van der Waals surface area contributed by atoms with Crippen molar-refractivity contribution in [1.82, 2.24) is 0 Å². The van der Waals surface area contributed by atoms with E-state index >= 15 is 0 Å². The van der Waals surface area contributed by atoms with E-state index in [1.165, 1.54) is 13.0 Å². The molecule has 1 unspecified atom stereocenters. The molecular formula is C15H21NO3S. The van der Waals surface area contributed by atoms with E-state index in [9.17, 15) is 13.2 Å². The smallest absolute Gasteiger partial charge is 0.242 e. The lowest BCUT2D eigenvalue weighted by Crippen LogP contribution is -2.34. The number of para-hydroxylation sites is 1. The van der Waals surface area contributed by atoms with Crippen molar-refractivity contribution in [3.63, 3.8) is 0 Å². The number of amides is 1. The highest BCUT2D eigenvalue weighted by atomic mass is 32.2. The van der Waals surface area contributed by atoms with Gasteiger partial charge in [-0.25, -0.2) is 8.42 Å². The zero-order valence-corrected chi connectivity index (χ0v) is 13.0. The van der Waals surface area contributed by atoms with E-state index in [0.29, 0.717) is 5.69 Å². The monoisotopic (exact) mass is 295 g/mol. The average molecular weight is 295 g/mol. The Morgan fingerprint density at radius 3 is 2.65 bits per heavy atom. The van der Waals surface area contributed by atoms with Crippen LogP contribution < -0.4 is 5.32 Å². The van der Waals surface area contributed by atoms with E-state index < -0.39 is 21.0 Å². The number of rotatable bonds is 6. The Morgan fingerprint density at radius 2 is 2.10 bits per heavy atom. The molecule has 0 aliphatic carbocycles. The van der Waals surface area contributed by atoms with Crippen LogP contribution in [0.2, 0.25) is 0 Å². The van der Waals surface area contributed by atoms with Crippen LogP contribution in [0.4, 0.5) is 5.69 Å². The van der Waals surface area contributed by atoms with E-state index in [1.807, 2.05) is 32.0 Å². The fourth-order valence-electron chi connectivity index (χ4n) is 1.90. The Balaban J connectivity index is 3.00. The van der Waals surface area contributed by atoms with Crippen LogP contribution in [0.3, 0.4) is 0 Å². The van der Waals surface area contributed by atoms with Gasteiger partial charge in [0.05, 0.1) is 5.75 Å². The van der Waals surface area contributed by atoms with Gasteiger partial charge in [-0.05, 0) is 31.4 Å². The summed E-state index contributed by atoms with van der Waals surface area (Å²) in [4.78, 5) is 12.1. The molecule has 5 heteroatoms. The van der Waals surface area contributed by atoms with E-state index in [-0.39, 0.29) is 5.75 Å². The second-order valence-electron chi connectivity index (χ2n) is 4.71. The Hall–Kier alpha value is -1.62. The van der Waals surface area contributed by atoms with Crippen LogP contribution in [0, 0.1) is 6.92 Å². The first-order valence-corrected chi connectivity index (χ1v) is 8.26. The van der Waals surface area contributed by atoms with Crippen molar-refractivity contribution in [2.45, 2.75) is 32.4 Å². The molecule has 0 saturated heterocycles. The highest BCUT2D eigenvalue weighted by Gasteiger charge is 2.27. The van der Waals surface area contributed by atoms with Crippen LogP contribution >= 0.6 is 0 Å². The maximum atomic E-state index is 12.1. The number of benzene rings is 1. The normalized spacial score (nSPS) is 12.8.